The van der Waals surface area contributed by atoms with Crippen molar-refractivity contribution in [1.82, 2.24) is 0 Å². The average Bonchev–Trinajstić information content (AvgIpc) is 3.23. The fourth-order valence-electron chi connectivity index (χ4n) is 4.16. The van der Waals surface area contributed by atoms with Crippen LogP contribution in [-0.2, 0) is 10.5 Å². The summed E-state index contributed by atoms with van der Waals surface area (Å²) in [6.07, 6.45) is 1.31. The summed E-state index contributed by atoms with van der Waals surface area (Å²) in [5, 5.41) is 12.0. The van der Waals surface area contributed by atoms with Gasteiger partial charge in [-0.15, -0.1) is 0 Å². The third-order valence-corrected chi connectivity index (χ3v) is 5.91. The minimum absolute atomic E-state index is 0.102. The normalized spacial score (nSPS) is 18.4. The van der Waals surface area contributed by atoms with Crippen LogP contribution in [0.15, 0.2) is 139 Å². The van der Waals surface area contributed by atoms with Crippen molar-refractivity contribution in [2.75, 3.05) is 0 Å². The number of allylic oxidation sites excluding steroid dienone is 1. The van der Waals surface area contributed by atoms with Crippen molar-refractivity contribution in [3.8, 4) is 0 Å². The average molecular weight is 459 g/mol. The predicted molar refractivity (Wildman–Crippen MR) is 134 cm³/mol. The van der Waals surface area contributed by atoms with Crippen LogP contribution >= 0.6 is 0 Å². The van der Waals surface area contributed by atoms with E-state index in [-0.39, 0.29) is 28.5 Å². The number of carbonyl (C=O) groups is 2. The Kier molecular flexibility index (Phi) is 5.96. The van der Waals surface area contributed by atoms with Crippen LogP contribution in [0.1, 0.15) is 31.8 Å². The third-order valence-electron chi connectivity index (χ3n) is 5.91. The highest BCUT2D eigenvalue weighted by Crippen LogP contribution is 2.48. The van der Waals surface area contributed by atoms with Gasteiger partial charge in [-0.2, -0.15) is 0 Å². The summed E-state index contributed by atoms with van der Waals surface area (Å²) in [5.74, 6) is -2.50. The quantitative estimate of drug-likeness (QED) is 0.286. The summed E-state index contributed by atoms with van der Waals surface area (Å²) in [6, 6.07) is 35.4. The largest absolute Gasteiger partial charge is 0.452 e. The SMILES string of the molecule is O=C(/C=C1\C(C(=O)c2ccccc2)=C(c2ccccc2)OC1(O)c1ccccc1)c1ccccc1. The second-order valence-electron chi connectivity index (χ2n) is 8.17. The maximum absolute atomic E-state index is 13.9. The molecule has 4 aromatic carbocycles. The molecular weight excluding hydrogens is 436 g/mol. The maximum atomic E-state index is 13.9. The van der Waals surface area contributed by atoms with E-state index >= 15 is 0 Å². The first-order chi connectivity index (χ1) is 17.1. The second-order valence-corrected chi connectivity index (χ2v) is 8.17. The van der Waals surface area contributed by atoms with E-state index in [0.717, 1.165) is 0 Å². The van der Waals surface area contributed by atoms with Crippen LogP contribution in [0, 0.1) is 0 Å². The van der Waals surface area contributed by atoms with Gasteiger partial charge in [0, 0.05) is 27.8 Å². The van der Waals surface area contributed by atoms with E-state index in [0.29, 0.717) is 22.3 Å². The van der Waals surface area contributed by atoms with E-state index in [2.05, 4.69) is 0 Å². The van der Waals surface area contributed by atoms with Crippen LogP contribution in [0.5, 0.6) is 0 Å². The van der Waals surface area contributed by atoms with Gasteiger partial charge in [0.15, 0.2) is 11.6 Å². The molecule has 0 fully saturated rings. The zero-order valence-corrected chi connectivity index (χ0v) is 18.8. The lowest BCUT2D eigenvalue weighted by molar-refractivity contribution is -0.120. The Labute approximate surface area is 203 Å². The molecule has 170 valence electrons. The molecule has 1 aliphatic heterocycles. The molecule has 1 aliphatic rings. The molecule has 0 bridgehead atoms. The number of aliphatic hydroxyl groups is 1. The molecule has 35 heavy (non-hydrogen) atoms. The predicted octanol–water partition coefficient (Wildman–Crippen LogP) is 5.97. The standard InChI is InChI=1S/C31H22O4/c32-27(22-13-5-1-6-14-22)21-26-28(29(33)23-15-7-2-8-16-23)30(24-17-9-3-10-18-24)35-31(26,34)25-19-11-4-12-20-25/h1-21,34H/b26-21+. The molecule has 1 unspecified atom stereocenters. The van der Waals surface area contributed by atoms with Crippen molar-refractivity contribution in [2.45, 2.75) is 5.79 Å². The highest BCUT2D eigenvalue weighted by molar-refractivity contribution is 6.18. The first-order valence-corrected chi connectivity index (χ1v) is 11.3. The molecule has 0 aromatic heterocycles. The molecular formula is C31H22O4. The lowest BCUT2D eigenvalue weighted by Gasteiger charge is -2.26. The Hall–Kier alpha value is -4.54. The van der Waals surface area contributed by atoms with Crippen molar-refractivity contribution in [3.63, 3.8) is 0 Å². The van der Waals surface area contributed by atoms with E-state index in [1.807, 2.05) is 36.4 Å². The molecule has 0 saturated heterocycles. The first kappa shape index (κ1) is 22.3. The van der Waals surface area contributed by atoms with Crippen molar-refractivity contribution < 1.29 is 19.4 Å². The lowest BCUT2D eigenvalue weighted by atomic mass is 9.87. The number of carbonyl (C=O) groups excluding carboxylic acids is 2. The zero-order valence-electron chi connectivity index (χ0n) is 18.8. The summed E-state index contributed by atoms with van der Waals surface area (Å²) in [4.78, 5) is 27.2. The summed E-state index contributed by atoms with van der Waals surface area (Å²) < 4.78 is 6.22. The van der Waals surface area contributed by atoms with Gasteiger partial charge in [-0.25, -0.2) is 0 Å². The number of ether oxygens (including phenoxy) is 1. The minimum Gasteiger partial charge on any atom is -0.452 e. The Balaban J connectivity index is 1.76. The molecule has 0 amide bonds. The van der Waals surface area contributed by atoms with E-state index < -0.39 is 5.79 Å². The van der Waals surface area contributed by atoms with Gasteiger partial charge in [-0.05, 0) is 6.08 Å². The molecule has 0 saturated carbocycles. The Bertz CT molecular complexity index is 1420. The van der Waals surface area contributed by atoms with Crippen LogP contribution in [0.2, 0.25) is 0 Å². The maximum Gasteiger partial charge on any atom is 0.262 e. The molecule has 1 N–H and O–H groups in total. The van der Waals surface area contributed by atoms with Gasteiger partial charge in [0.1, 0.15) is 5.76 Å². The lowest BCUT2D eigenvalue weighted by Crippen LogP contribution is -2.29. The second kappa shape index (κ2) is 9.37. The number of hydrogen-bond acceptors (Lipinski definition) is 4. The zero-order chi connectivity index (χ0) is 24.3. The molecule has 0 spiro atoms. The monoisotopic (exact) mass is 458 g/mol. The third kappa shape index (κ3) is 4.23. The van der Waals surface area contributed by atoms with E-state index in [1.54, 1.807) is 84.9 Å². The molecule has 0 aliphatic carbocycles. The first-order valence-electron chi connectivity index (χ1n) is 11.3. The number of benzene rings is 4. The van der Waals surface area contributed by atoms with Crippen molar-refractivity contribution in [1.29, 1.82) is 0 Å². The van der Waals surface area contributed by atoms with E-state index in [9.17, 15) is 14.7 Å². The van der Waals surface area contributed by atoms with E-state index in [4.69, 9.17) is 4.74 Å². The van der Waals surface area contributed by atoms with Crippen LogP contribution in [0.25, 0.3) is 5.76 Å². The van der Waals surface area contributed by atoms with Crippen molar-refractivity contribution >= 4 is 17.3 Å². The summed E-state index contributed by atoms with van der Waals surface area (Å²) in [7, 11) is 0. The van der Waals surface area contributed by atoms with Gasteiger partial charge >= 0.3 is 0 Å². The van der Waals surface area contributed by atoms with Crippen LogP contribution in [-0.4, -0.2) is 16.7 Å². The summed E-state index contributed by atoms with van der Waals surface area (Å²) >= 11 is 0. The van der Waals surface area contributed by atoms with Gasteiger partial charge < -0.3 is 9.84 Å². The molecule has 4 heteroatoms. The van der Waals surface area contributed by atoms with E-state index in [1.165, 1.54) is 6.08 Å². The highest BCUT2D eigenvalue weighted by Gasteiger charge is 2.48. The van der Waals surface area contributed by atoms with Gasteiger partial charge in [0.25, 0.3) is 5.79 Å². The van der Waals surface area contributed by atoms with Crippen LogP contribution in [0.3, 0.4) is 0 Å². The van der Waals surface area contributed by atoms with Crippen LogP contribution < -0.4 is 0 Å². The number of Topliss-reactive ketones (excluding diaryl/α,β-unsaturated/α-hetero) is 1. The minimum atomic E-state index is -2.03. The molecule has 4 nitrogen and oxygen atoms in total. The smallest absolute Gasteiger partial charge is 0.262 e. The topological polar surface area (TPSA) is 63.6 Å². The highest BCUT2D eigenvalue weighted by atomic mass is 16.6. The molecule has 5 rings (SSSR count). The van der Waals surface area contributed by atoms with Crippen molar-refractivity contribution in [2.24, 2.45) is 0 Å². The molecule has 4 aromatic rings. The number of ketones is 2. The molecule has 1 heterocycles. The number of hydrogen-bond donors (Lipinski definition) is 1. The Morgan fingerprint density at radius 2 is 1.14 bits per heavy atom. The summed E-state index contributed by atoms with van der Waals surface area (Å²) in [6.45, 7) is 0. The Morgan fingerprint density at radius 3 is 1.71 bits per heavy atom. The number of rotatable bonds is 6. The molecule has 0 radical (unpaired) electrons. The van der Waals surface area contributed by atoms with Gasteiger partial charge in [-0.1, -0.05) is 121 Å². The fraction of sp³-hybridized carbons (Fsp3) is 0.0323. The van der Waals surface area contributed by atoms with Crippen molar-refractivity contribution in [3.05, 3.63) is 161 Å². The van der Waals surface area contributed by atoms with Gasteiger partial charge in [0.05, 0.1) is 5.57 Å². The van der Waals surface area contributed by atoms with Crippen LogP contribution in [0.4, 0.5) is 0 Å². The fourth-order valence-corrected chi connectivity index (χ4v) is 4.16. The molecule has 1 atom stereocenters. The summed E-state index contributed by atoms with van der Waals surface area (Å²) in [5.41, 5.74) is 2.15. The Morgan fingerprint density at radius 1 is 0.657 bits per heavy atom. The van der Waals surface area contributed by atoms with Gasteiger partial charge in [-0.3, -0.25) is 9.59 Å². The van der Waals surface area contributed by atoms with Gasteiger partial charge in [0.2, 0.25) is 0 Å².